The van der Waals surface area contributed by atoms with E-state index < -0.39 is 11.6 Å². The van der Waals surface area contributed by atoms with Crippen molar-refractivity contribution in [1.82, 2.24) is 20.2 Å². The average molecular weight is 412 g/mol. The van der Waals surface area contributed by atoms with Crippen LogP contribution >= 0.6 is 0 Å². The lowest BCUT2D eigenvalue weighted by atomic mass is 10.2. The molecule has 158 valence electrons. The zero-order valence-corrected chi connectivity index (χ0v) is 17.0. The molecule has 1 aliphatic heterocycles. The first kappa shape index (κ1) is 20.1. The summed E-state index contributed by atoms with van der Waals surface area (Å²) in [6, 6.07) is 11.6. The van der Waals surface area contributed by atoms with Gasteiger partial charge >= 0.3 is 0 Å². The summed E-state index contributed by atoms with van der Waals surface area (Å²) in [4.78, 5) is 16.7. The second-order valence-electron chi connectivity index (χ2n) is 7.26. The maximum atomic E-state index is 14.1. The maximum Gasteiger partial charge on any atom is 0.194 e. The number of guanidine groups is 1. The highest BCUT2D eigenvalue weighted by Gasteiger charge is 2.22. The van der Waals surface area contributed by atoms with Gasteiger partial charge in [-0.3, -0.25) is 4.99 Å². The molecule has 1 fully saturated rings. The van der Waals surface area contributed by atoms with Crippen LogP contribution in [-0.2, 0) is 6.42 Å². The number of aliphatic imine (C=N–C) groups is 1. The number of nitrogens with zero attached hydrogens (tertiary/aromatic N) is 4. The SMILES string of the molecule is CCNC(=NCCc1nc2ccccc2[nH]1)N1CCN(c2cc(F)ccc2F)CC1. The Morgan fingerprint density at radius 3 is 2.70 bits per heavy atom. The molecule has 30 heavy (non-hydrogen) atoms. The van der Waals surface area contributed by atoms with Crippen LogP contribution in [0.15, 0.2) is 47.5 Å². The molecule has 0 amide bonds. The van der Waals surface area contributed by atoms with Gasteiger partial charge < -0.3 is 20.1 Å². The van der Waals surface area contributed by atoms with Gasteiger partial charge in [-0.25, -0.2) is 13.8 Å². The Balaban J connectivity index is 1.37. The van der Waals surface area contributed by atoms with Crippen molar-refractivity contribution in [2.45, 2.75) is 13.3 Å². The molecule has 0 bridgehead atoms. The highest BCUT2D eigenvalue weighted by Crippen LogP contribution is 2.22. The Bertz CT molecular complexity index is 990. The molecule has 0 spiro atoms. The lowest BCUT2D eigenvalue weighted by Gasteiger charge is -2.37. The highest BCUT2D eigenvalue weighted by atomic mass is 19.1. The van der Waals surface area contributed by atoms with E-state index in [0.717, 1.165) is 41.8 Å². The molecule has 1 saturated heterocycles. The van der Waals surface area contributed by atoms with Crippen LogP contribution in [0.25, 0.3) is 11.0 Å². The van der Waals surface area contributed by atoms with Crippen LogP contribution in [-0.4, -0.2) is 60.1 Å². The van der Waals surface area contributed by atoms with Crippen LogP contribution in [0.5, 0.6) is 0 Å². The van der Waals surface area contributed by atoms with E-state index in [0.29, 0.717) is 38.4 Å². The van der Waals surface area contributed by atoms with Crippen molar-refractivity contribution in [3.63, 3.8) is 0 Å². The third-order valence-electron chi connectivity index (χ3n) is 5.21. The molecule has 6 nitrogen and oxygen atoms in total. The summed E-state index contributed by atoms with van der Waals surface area (Å²) < 4.78 is 27.6. The number of benzene rings is 2. The number of halogens is 2. The first-order valence-electron chi connectivity index (χ1n) is 10.3. The van der Waals surface area contributed by atoms with E-state index in [9.17, 15) is 8.78 Å². The molecule has 3 aromatic rings. The Morgan fingerprint density at radius 1 is 1.13 bits per heavy atom. The Kier molecular flexibility index (Phi) is 6.11. The van der Waals surface area contributed by atoms with Crippen molar-refractivity contribution in [3.8, 4) is 0 Å². The molecule has 1 aromatic heterocycles. The molecule has 0 radical (unpaired) electrons. The summed E-state index contributed by atoms with van der Waals surface area (Å²) in [5.74, 6) is 0.945. The second kappa shape index (κ2) is 9.11. The number of rotatable bonds is 5. The fourth-order valence-electron chi connectivity index (χ4n) is 3.70. The van der Waals surface area contributed by atoms with Crippen molar-refractivity contribution in [3.05, 3.63) is 59.9 Å². The second-order valence-corrected chi connectivity index (χ2v) is 7.26. The number of hydrogen-bond donors (Lipinski definition) is 2. The molecule has 0 unspecified atom stereocenters. The van der Waals surface area contributed by atoms with Gasteiger partial charge in [0.1, 0.15) is 17.5 Å². The Morgan fingerprint density at radius 2 is 1.93 bits per heavy atom. The predicted molar refractivity (Wildman–Crippen MR) is 116 cm³/mol. The van der Waals surface area contributed by atoms with Crippen LogP contribution in [0.1, 0.15) is 12.7 Å². The third-order valence-corrected chi connectivity index (χ3v) is 5.21. The van der Waals surface area contributed by atoms with Gasteiger partial charge in [-0.1, -0.05) is 12.1 Å². The summed E-state index contributed by atoms with van der Waals surface area (Å²) in [7, 11) is 0. The number of hydrogen-bond acceptors (Lipinski definition) is 3. The number of aromatic amines is 1. The number of nitrogens with one attached hydrogen (secondary N) is 2. The number of fused-ring (bicyclic) bond motifs is 1. The summed E-state index contributed by atoms with van der Waals surface area (Å²) in [5.41, 5.74) is 2.31. The van der Waals surface area contributed by atoms with E-state index >= 15 is 0 Å². The average Bonchev–Trinajstić information content (AvgIpc) is 3.18. The summed E-state index contributed by atoms with van der Waals surface area (Å²) in [6.07, 6.45) is 0.720. The standard InChI is InChI=1S/C22H26F2N6/c1-2-25-22(26-10-9-21-27-18-5-3-4-6-19(18)28-21)30-13-11-29(12-14-30)20-15-16(23)7-8-17(20)24/h3-8,15H,2,9-14H2,1H3,(H,25,26)(H,27,28). The molecule has 0 saturated carbocycles. The van der Waals surface area contributed by atoms with E-state index in [-0.39, 0.29) is 0 Å². The van der Waals surface area contributed by atoms with Crippen LogP contribution in [0.4, 0.5) is 14.5 Å². The van der Waals surface area contributed by atoms with E-state index in [1.54, 1.807) is 0 Å². The van der Waals surface area contributed by atoms with Gasteiger partial charge in [0.2, 0.25) is 0 Å². The number of aromatic nitrogens is 2. The monoisotopic (exact) mass is 412 g/mol. The molecular formula is C22H26F2N6. The van der Waals surface area contributed by atoms with Crippen LogP contribution < -0.4 is 10.2 Å². The van der Waals surface area contributed by atoms with Gasteiger partial charge in [-0.05, 0) is 31.2 Å². The Labute approximate surface area is 174 Å². The molecule has 8 heteroatoms. The van der Waals surface area contributed by atoms with Crippen molar-refractivity contribution in [2.75, 3.05) is 44.2 Å². The minimum absolute atomic E-state index is 0.321. The molecular weight excluding hydrogens is 386 g/mol. The van der Waals surface area contributed by atoms with Crippen LogP contribution in [0.2, 0.25) is 0 Å². The van der Waals surface area contributed by atoms with E-state index in [4.69, 9.17) is 4.99 Å². The quantitative estimate of drug-likeness (QED) is 0.499. The smallest absolute Gasteiger partial charge is 0.194 e. The van der Waals surface area contributed by atoms with Gasteiger partial charge in [0.05, 0.1) is 16.7 Å². The van der Waals surface area contributed by atoms with E-state index in [1.807, 2.05) is 36.1 Å². The first-order chi connectivity index (χ1) is 14.6. The fraction of sp³-hybridized carbons (Fsp3) is 0.364. The largest absolute Gasteiger partial charge is 0.366 e. The fourth-order valence-corrected chi connectivity index (χ4v) is 3.70. The van der Waals surface area contributed by atoms with Gasteiger partial charge in [0.15, 0.2) is 5.96 Å². The molecule has 2 aromatic carbocycles. The zero-order chi connectivity index (χ0) is 20.9. The van der Waals surface area contributed by atoms with Crippen molar-refractivity contribution in [2.24, 2.45) is 4.99 Å². The molecule has 4 rings (SSSR count). The van der Waals surface area contributed by atoms with Gasteiger partial charge in [0, 0.05) is 51.8 Å². The summed E-state index contributed by atoms with van der Waals surface area (Å²) in [5, 5.41) is 3.33. The molecule has 0 aliphatic carbocycles. The minimum Gasteiger partial charge on any atom is -0.366 e. The predicted octanol–water partition coefficient (Wildman–Crippen LogP) is 3.17. The number of piperazine rings is 1. The Hall–Kier alpha value is -3.16. The third kappa shape index (κ3) is 4.53. The molecule has 1 aliphatic rings. The first-order valence-corrected chi connectivity index (χ1v) is 10.3. The van der Waals surface area contributed by atoms with Gasteiger partial charge in [0.25, 0.3) is 0 Å². The van der Waals surface area contributed by atoms with Crippen molar-refractivity contribution in [1.29, 1.82) is 0 Å². The lowest BCUT2D eigenvalue weighted by molar-refractivity contribution is 0.370. The van der Waals surface area contributed by atoms with Gasteiger partial charge in [-0.15, -0.1) is 0 Å². The lowest BCUT2D eigenvalue weighted by Crippen LogP contribution is -2.52. The number of imidazole rings is 1. The molecule has 2 heterocycles. The van der Waals surface area contributed by atoms with E-state index in [1.165, 1.54) is 12.1 Å². The normalized spacial score (nSPS) is 15.1. The molecule has 0 atom stereocenters. The minimum atomic E-state index is -0.422. The summed E-state index contributed by atoms with van der Waals surface area (Å²) in [6.45, 7) is 6.00. The van der Waals surface area contributed by atoms with Gasteiger partial charge in [-0.2, -0.15) is 0 Å². The molecule has 2 N–H and O–H groups in total. The van der Waals surface area contributed by atoms with Crippen molar-refractivity contribution < 1.29 is 8.78 Å². The van der Waals surface area contributed by atoms with Crippen LogP contribution in [0, 0.1) is 11.6 Å². The topological polar surface area (TPSA) is 59.6 Å². The van der Waals surface area contributed by atoms with E-state index in [2.05, 4.69) is 20.2 Å². The number of anilines is 1. The zero-order valence-electron chi connectivity index (χ0n) is 17.0. The van der Waals surface area contributed by atoms with Crippen molar-refractivity contribution >= 4 is 22.7 Å². The highest BCUT2D eigenvalue weighted by molar-refractivity contribution is 5.80. The number of H-pyrrole nitrogens is 1. The summed E-state index contributed by atoms with van der Waals surface area (Å²) >= 11 is 0. The number of para-hydroxylation sites is 2. The maximum absolute atomic E-state index is 14.1. The van der Waals surface area contributed by atoms with Crippen LogP contribution in [0.3, 0.4) is 0 Å².